The van der Waals surface area contributed by atoms with Crippen LogP contribution in [0.3, 0.4) is 0 Å². The van der Waals surface area contributed by atoms with Crippen LogP contribution in [-0.2, 0) is 26.5 Å². The number of aryl methyl sites for hydroxylation is 1. The topological polar surface area (TPSA) is 231 Å². The van der Waals surface area contributed by atoms with E-state index in [0.717, 1.165) is 20.8 Å². The Labute approximate surface area is 283 Å². The molecule has 4 heterocycles. The molecule has 2 aliphatic rings. The molecule has 1 aliphatic carbocycles. The van der Waals surface area contributed by atoms with Crippen molar-refractivity contribution in [2.75, 3.05) is 11.5 Å². The van der Waals surface area contributed by atoms with Gasteiger partial charge in [0.05, 0.1) is 21.9 Å². The number of aliphatic imine (C=N–C) groups is 1. The molecule has 5 N–H and O–H groups in total. The number of pyridine rings is 1. The van der Waals surface area contributed by atoms with Crippen molar-refractivity contribution < 1.29 is 26.8 Å². The van der Waals surface area contributed by atoms with Gasteiger partial charge in [-0.2, -0.15) is 7.94 Å². The predicted octanol–water partition coefficient (Wildman–Crippen LogP) is 4.01. The number of nitrogens with zero attached hydrogens (tertiary/aromatic N) is 7. The van der Waals surface area contributed by atoms with Crippen molar-refractivity contribution in [2.24, 2.45) is 10.1 Å². The van der Waals surface area contributed by atoms with Crippen molar-refractivity contribution in [3.8, 4) is 0 Å². The SMILES string of the molecule is CC(C)S(=O)(=O)n1c(N)nc2c1N=C(/C(=N\O)c1ccccc1)CC2.CC(C)S(=O)(=O)n1c(N)nc2ccc(C(=O)C3=CCCC=C3)nc21. The number of hydrogen-bond donors (Lipinski definition) is 3. The molecular weight excluding hydrogens is 671 g/mol. The lowest BCUT2D eigenvalue weighted by atomic mass is 10.00. The fourth-order valence-corrected chi connectivity index (χ4v) is 7.35. The molecule has 49 heavy (non-hydrogen) atoms. The van der Waals surface area contributed by atoms with Crippen molar-refractivity contribution in [2.45, 2.75) is 63.9 Å². The summed E-state index contributed by atoms with van der Waals surface area (Å²) in [7, 11) is -7.44. The molecule has 17 heteroatoms. The van der Waals surface area contributed by atoms with Crippen molar-refractivity contribution in [1.82, 2.24) is 22.9 Å². The minimum atomic E-state index is -3.73. The lowest BCUT2D eigenvalue weighted by Gasteiger charge is -2.16. The fourth-order valence-electron chi connectivity index (χ4n) is 5.14. The quantitative estimate of drug-likeness (QED) is 0.102. The van der Waals surface area contributed by atoms with Crippen LogP contribution in [0, 0.1) is 0 Å². The summed E-state index contributed by atoms with van der Waals surface area (Å²) in [6.45, 7) is 6.24. The van der Waals surface area contributed by atoms with E-state index in [4.69, 9.17) is 11.5 Å². The van der Waals surface area contributed by atoms with Crippen LogP contribution in [0.15, 0.2) is 76.4 Å². The number of benzene rings is 1. The van der Waals surface area contributed by atoms with E-state index in [0.29, 0.717) is 46.6 Å². The molecule has 0 saturated heterocycles. The largest absolute Gasteiger partial charge is 0.410 e. The van der Waals surface area contributed by atoms with Gasteiger partial charge in [-0.15, -0.1) is 0 Å². The second kappa shape index (κ2) is 13.8. The zero-order valence-corrected chi connectivity index (χ0v) is 29.0. The molecule has 15 nitrogen and oxygen atoms in total. The normalized spacial score (nSPS) is 15.1. The predicted molar refractivity (Wildman–Crippen MR) is 188 cm³/mol. The average Bonchev–Trinajstić information content (AvgIpc) is 3.60. The number of imidazole rings is 2. The van der Waals surface area contributed by atoms with Gasteiger partial charge in [0.1, 0.15) is 16.9 Å². The van der Waals surface area contributed by atoms with Crippen LogP contribution >= 0.6 is 0 Å². The summed E-state index contributed by atoms with van der Waals surface area (Å²) in [6.07, 6.45) is 8.17. The van der Waals surface area contributed by atoms with E-state index in [1.807, 2.05) is 30.4 Å². The Hall–Kier alpha value is -5.16. The smallest absolute Gasteiger partial charge is 0.245 e. The average molecular weight is 708 g/mol. The number of carbonyl (C=O) groups is 1. The molecule has 3 aromatic heterocycles. The van der Waals surface area contributed by atoms with E-state index in [1.165, 1.54) is 6.07 Å². The number of anilines is 2. The Kier molecular flexibility index (Phi) is 9.87. The molecule has 0 atom stereocenters. The molecule has 0 saturated carbocycles. The molecule has 6 rings (SSSR count). The number of Topliss-reactive ketones (excluding diaryl/α,β-unsaturated/α-hetero) is 1. The van der Waals surface area contributed by atoms with E-state index in [9.17, 15) is 26.8 Å². The second-order valence-corrected chi connectivity index (χ2v) is 16.5. The Morgan fingerprint density at radius 2 is 1.51 bits per heavy atom. The molecule has 258 valence electrons. The lowest BCUT2D eigenvalue weighted by molar-refractivity contribution is 0.103. The molecule has 0 amide bonds. The van der Waals surface area contributed by atoms with E-state index >= 15 is 0 Å². The molecule has 0 radical (unpaired) electrons. The van der Waals surface area contributed by atoms with Crippen LogP contribution in [0.4, 0.5) is 17.7 Å². The summed E-state index contributed by atoms with van der Waals surface area (Å²) in [4.78, 5) is 29.4. The lowest BCUT2D eigenvalue weighted by Crippen LogP contribution is -2.25. The van der Waals surface area contributed by atoms with Gasteiger partial charge < -0.3 is 16.7 Å². The first-order valence-electron chi connectivity index (χ1n) is 15.5. The Bertz CT molecular complexity index is 2270. The van der Waals surface area contributed by atoms with Crippen LogP contribution in [-0.4, -0.2) is 72.6 Å². The molecule has 1 aliphatic heterocycles. The van der Waals surface area contributed by atoms with Gasteiger partial charge in [-0.05, 0) is 65.5 Å². The number of oxime groups is 1. The van der Waals surface area contributed by atoms with E-state index in [2.05, 4.69) is 25.1 Å². The van der Waals surface area contributed by atoms with Gasteiger partial charge in [0.15, 0.2) is 11.5 Å². The van der Waals surface area contributed by atoms with Gasteiger partial charge in [-0.1, -0.05) is 53.7 Å². The molecule has 0 bridgehead atoms. The maximum Gasteiger partial charge on any atom is 0.245 e. The third-order valence-corrected chi connectivity index (χ3v) is 12.0. The molecule has 0 fully saturated rings. The fraction of sp³-hybridized carbons (Fsp3) is 0.312. The van der Waals surface area contributed by atoms with E-state index in [-0.39, 0.29) is 34.8 Å². The number of nitrogen functional groups attached to an aromatic ring is 2. The van der Waals surface area contributed by atoms with Crippen LogP contribution in [0.2, 0.25) is 0 Å². The number of nitrogens with two attached hydrogens (primary N) is 2. The zero-order valence-electron chi connectivity index (χ0n) is 27.3. The number of carbonyl (C=O) groups excluding carboxylic acids is 1. The number of aromatic nitrogens is 5. The minimum Gasteiger partial charge on any atom is -0.410 e. The third kappa shape index (κ3) is 6.76. The molecule has 4 aromatic rings. The van der Waals surface area contributed by atoms with Gasteiger partial charge >= 0.3 is 0 Å². The molecular formula is C32H37N9O6S2. The van der Waals surface area contributed by atoms with Gasteiger partial charge in [0.2, 0.25) is 37.7 Å². The summed E-state index contributed by atoms with van der Waals surface area (Å²) in [6, 6.07) is 12.2. The van der Waals surface area contributed by atoms with Crippen molar-refractivity contribution in [3.63, 3.8) is 0 Å². The summed E-state index contributed by atoms with van der Waals surface area (Å²) >= 11 is 0. The Morgan fingerprint density at radius 3 is 2.12 bits per heavy atom. The molecule has 0 spiro atoms. The Morgan fingerprint density at radius 1 is 0.857 bits per heavy atom. The highest BCUT2D eigenvalue weighted by atomic mass is 32.2. The maximum atomic E-state index is 12.6. The summed E-state index contributed by atoms with van der Waals surface area (Å²) in [5.74, 6) is -0.330. The number of ketones is 1. The standard InChI is InChI=1S/C16H19N5O3S.C16H18N4O3S/c1-10(2)25(23,24)21-15-13(19-16(21)17)9-8-12(18-15)14(20-22)11-6-4-3-5-7-11;1-10(2)24(22,23)20-15-13(19-16(20)17)9-8-12(18-15)14(21)11-6-4-3-5-7-11/h3-7,10,22H,8-9H2,1-2H3,(H2,17,19);4,6-10H,3,5H2,1-2H3,(H2,17,19)/b20-14-;. The first kappa shape index (κ1) is 35.2. The Balaban J connectivity index is 0.000000191. The number of rotatable bonds is 8. The zero-order chi connectivity index (χ0) is 35.7. The molecule has 1 aromatic carbocycles. The first-order valence-corrected chi connectivity index (χ1v) is 18.5. The van der Waals surface area contributed by atoms with Gasteiger partial charge in [0.25, 0.3) is 0 Å². The van der Waals surface area contributed by atoms with Crippen LogP contribution in [0.25, 0.3) is 11.2 Å². The second-order valence-electron chi connectivity index (χ2n) is 11.8. The van der Waals surface area contributed by atoms with Gasteiger partial charge in [0, 0.05) is 11.1 Å². The highest BCUT2D eigenvalue weighted by molar-refractivity contribution is 7.91. The maximum absolute atomic E-state index is 12.6. The van der Waals surface area contributed by atoms with E-state index in [1.54, 1.807) is 52.0 Å². The number of hydrogen-bond acceptors (Lipinski definition) is 13. The summed E-state index contributed by atoms with van der Waals surface area (Å²) in [5.41, 5.74) is 14.7. The number of allylic oxidation sites excluding steroid dienone is 4. The van der Waals surface area contributed by atoms with Crippen LogP contribution < -0.4 is 11.5 Å². The van der Waals surface area contributed by atoms with Gasteiger partial charge in [-0.3, -0.25) is 4.79 Å². The van der Waals surface area contributed by atoms with Gasteiger partial charge in [-0.25, -0.2) is 36.8 Å². The number of fused-ring (bicyclic) bond motifs is 2. The summed E-state index contributed by atoms with van der Waals surface area (Å²) < 4.78 is 52.1. The van der Waals surface area contributed by atoms with Crippen molar-refractivity contribution >= 4 is 66.1 Å². The monoisotopic (exact) mass is 707 g/mol. The third-order valence-electron chi connectivity index (χ3n) is 7.85. The van der Waals surface area contributed by atoms with Crippen LogP contribution in [0.1, 0.15) is 68.7 Å². The van der Waals surface area contributed by atoms with Crippen molar-refractivity contribution in [3.05, 3.63) is 83.2 Å². The molecule has 0 unspecified atom stereocenters. The summed E-state index contributed by atoms with van der Waals surface area (Å²) in [5, 5.41) is 11.4. The first-order chi connectivity index (χ1) is 23.2. The van der Waals surface area contributed by atoms with Crippen molar-refractivity contribution in [1.29, 1.82) is 0 Å². The van der Waals surface area contributed by atoms with Crippen LogP contribution in [0.5, 0.6) is 0 Å². The minimum absolute atomic E-state index is 0.0763. The highest BCUT2D eigenvalue weighted by Gasteiger charge is 2.31. The highest BCUT2D eigenvalue weighted by Crippen LogP contribution is 2.32. The van der Waals surface area contributed by atoms with E-state index < -0.39 is 30.5 Å².